The van der Waals surface area contributed by atoms with E-state index in [-0.39, 0.29) is 11.4 Å². The smallest absolute Gasteiger partial charge is 0.244 e. The molecule has 1 amide bonds. The first-order chi connectivity index (χ1) is 15.4. The van der Waals surface area contributed by atoms with Gasteiger partial charge >= 0.3 is 0 Å². The van der Waals surface area contributed by atoms with E-state index in [2.05, 4.69) is 10.3 Å². The maximum atomic E-state index is 13.2. The van der Waals surface area contributed by atoms with Gasteiger partial charge in [0.25, 0.3) is 0 Å². The highest BCUT2D eigenvalue weighted by Crippen LogP contribution is 2.29. The van der Waals surface area contributed by atoms with Gasteiger partial charge in [-0.15, -0.1) is 11.3 Å². The molecule has 1 aromatic heterocycles. The molecule has 0 spiro atoms. The highest BCUT2D eigenvalue weighted by Gasteiger charge is 2.39. The monoisotopic (exact) mass is 475 g/mol. The van der Waals surface area contributed by atoms with Crippen LogP contribution in [0.5, 0.6) is 5.75 Å². The van der Waals surface area contributed by atoms with Crippen molar-refractivity contribution in [2.75, 3.05) is 18.5 Å². The average Bonchev–Trinajstić information content (AvgIpc) is 3.45. The largest absolute Gasteiger partial charge is 0.494 e. The third kappa shape index (κ3) is 4.67. The fourth-order valence-corrected chi connectivity index (χ4v) is 5.95. The number of halogens is 1. The van der Waals surface area contributed by atoms with Gasteiger partial charge in [0.05, 0.1) is 17.2 Å². The second-order valence-electron chi connectivity index (χ2n) is 7.21. The van der Waals surface area contributed by atoms with Crippen LogP contribution in [-0.4, -0.2) is 42.8 Å². The number of hydrogen-bond acceptors (Lipinski definition) is 6. The molecule has 0 radical (unpaired) electrons. The zero-order valence-electron chi connectivity index (χ0n) is 17.3. The molecular weight excluding hydrogens is 453 g/mol. The van der Waals surface area contributed by atoms with E-state index in [1.54, 1.807) is 0 Å². The summed E-state index contributed by atoms with van der Waals surface area (Å²) in [5.41, 5.74) is 1.59. The number of amides is 1. The Morgan fingerprint density at radius 3 is 2.62 bits per heavy atom. The predicted octanol–water partition coefficient (Wildman–Crippen LogP) is 4.14. The third-order valence-electron chi connectivity index (χ3n) is 5.12. The number of carbonyl (C=O) groups is 1. The summed E-state index contributed by atoms with van der Waals surface area (Å²) >= 11 is 1.27. The van der Waals surface area contributed by atoms with Crippen LogP contribution in [0.4, 0.5) is 9.52 Å². The minimum Gasteiger partial charge on any atom is -0.494 e. The van der Waals surface area contributed by atoms with E-state index in [1.165, 1.54) is 27.8 Å². The summed E-state index contributed by atoms with van der Waals surface area (Å²) in [6.07, 6.45) is 0.969. The summed E-state index contributed by atoms with van der Waals surface area (Å²) in [6, 6.07) is 11.2. The van der Waals surface area contributed by atoms with Gasteiger partial charge in [-0.05, 0) is 68.3 Å². The zero-order valence-corrected chi connectivity index (χ0v) is 19.0. The van der Waals surface area contributed by atoms with Crippen molar-refractivity contribution in [1.82, 2.24) is 9.29 Å². The molecule has 1 atom stereocenters. The van der Waals surface area contributed by atoms with Crippen LogP contribution < -0.4 is 10.1 Å². The lowest BCUT2D eigenvalue weighted by molar-refractivity contribution is -0.119. The van der Waals surface area contributed by atoms with E-state index < -0.39 is 27.8 Å². The fraction of sp³-hybridized carbons (Fsp3) is 0.273. The van der Waals surface area contributed by atoms with Crippen LogP contribution in [0.3, 0.4) is 0 Å². The Hall–Kier alpha value is -2.82. The van der Waals surface area contributed by atoms with Gasteiger partial charge in [-0.1, -0.05) is 0 Å². The number of nitrogens with one attached hydrogen (secondary N) is 1. The highest BCUT2D eigenvalue weighted by atomic mass is 32.2. The van der Waals surface area contributed by atoms with Gasteiger partial charge in [-0.25, -0.2) is 17.8 Å². The Morgan fingerprint density at radius 2 is 1.94 bits per heavy atom. The molecule has 168 valence electrons. The van der Waals surface area contributed by atoms with Crippen molar-refractivity contribution in [1.29, 1.82) is 0 Å². The molecule has 32 heavy (non-hydrogen) atoms. The van der Waals surface area contributed by atoms with Gasteiger partial charge in [0.15, 0.2) is 5.13 Å². The molecule has 1 saturated heterocycles. The quantitative estimate of drug-likeness (QED) is 0.555. The van der Waals surface area contributed by atoms with Crippen molar-refractivity contribution in [2.45, 2.75) is 30.7 Å². The summed E-state index contributed by atoms with van der Waals surface area (Å²) in [6.45, 7) is 2.73. The number of ether oxygens (including phenoxy) is 1. The number of rotatable bonds is 7. The Morgan fingerprint density at radius 1 is 1.22 bits per heavy atom. The van der Waals surface area contributed by atoms with E-state index in [0.717, 1.165) is 23.4 Å². The van der Waals surface area contributed by atoms with Crippen molar-refractivity contribution >= 4 is 32.4 Å². The van der Waals surface area contributed by atoms with Crippen LogP contribution in [0.1, 0.15) is 19.8 Å². The molecule has 0 aliphatic carbocycles. The number of hydrogen-bond donors (Lipinski definition) is 1. The van der Waals surface area contributed by atoms with E-state index in [4.69, 9.17) is 4.74 Å². The van der Waals surface area contributed by atoms with E-state index >= 15 is 0 Å². The lowest BCUT2D eigenvalue weighted by Crippen LogP contribution is -2.43. The summed E-state index contributed by atoms with van der Waals surface area (Å²) in [4.78, 5) is 17.3. The molecule has 10 heteroatoms. The number of thiazole rings is 1. The van der Waals surface area contributed by atoms with Crippen LogP contribution in [0.2, 0.25) is 0 Å². The van der Waals surface area contributed by atoms with Crippen molar-refractivity contribution in [3.05, 3.63) is 59.7 Å². The molecule has 1 N–H and O–H groups in total. The highest BCUT2D eigenvalue weighted by molar-refractivity contribution is 7.89. The maximum absolute atomic E-state index is 13.2. The number of aromatic nitrogens is 1. The van der Waals surface area contributed by atoms with Gasteiger partial charge in [0.1, 0.15) is 17.6 Å². The Balaban J connectivity index is 1.47. The minimum atomic E-state index is -3.91. The topological polar surface area (TPSA) is 88.6 Å². The normalized spacial score (nSPS) is 16.8. The summed E-state index contributed by atoms with van der Waals surface area (Å²) in [5, 5.41) is 4.97. The lowest BCUT2D eigenvalue weighted by Gasteiger charge is -2.23. The van der Waals surface area contributed by atoms with Crippen molar-refractivity contribution in [2.24, 2.45) is 0 Å². The SMILES string of the molecule is CCOc1ccc(-c2csc(NC(=O)C3CCCN3S(=O)(=O)c3ccc(F)cc3)n2)cc1. The zero-order chi connectivity index (χ0) is 22.7. The van der Waals surface area contributed by atoms with Crippen molar-refractivity contribution in [3.63, 3.8) is 0 Å². The van der Waals surface area contributed by atoms with Crippen LogP contribution in [0, 0.1) is 5.82 Å². The van der Waals surface area contributed by atoms with E-state index in [0.29, 0.717) is 30.3 Å². The van der Waals surface area contributed by atoms with Gasteiger partial charge < -0.3 is 10.1 Å². The average molecular weight is 476 g/mol. The van der Waals surface area contributed by atoms with Crippen LogP contribution in [0.25, 0.3) is 11.3 Å². The molecule has 2 heterocycles. The van der Waals surface area contributed by atoms with Gasteiger partial charge in [-0.2, -0.15) is 4.31 Å². The summed E-state index contributed by atoms with van der Waals surface area (Å²) in [7, 11) is -3.91. The number of sulfonamides is 1. The van der Waals surface area contributed by atoms with E-state index in [1.807, 2.05) is 36.6 Å². The Labute approximate surface area is 189 Å². The van der Waals surface area contributed by atoms with Crippen LogP contribution >= 0.6 is 11.3 Å². The molecular formula is C22H22FN3O4S2. The molecule has 7 nitrogen and oxygen atoms in total. The number of carbonyl (C=O) groups excluding carboxylic acids is 1. The summed E-state index contributed by atoms with van der Waals surface area (Å²) < 4.78 is 45.8. The fourth-order valence-electron chi connectivity index (χ4n) is 3.57. The first-order valence-electron chi connectivity index (χ1n) is 10.2. The molecule has 1 aliphatic rings. The molecule has 1 aliphatic heterocycles. The van der Waals surface area contributed by atoms with Gasteiger partial charge in [0.2, 0.25) is 15.9 Å². The first kappa shape index (κ1) is 22.4. The third-order valence-corrected chi connectivity index (χ3v) is 7.80. The Kier molecular flexibility index (Phi) is 6.54. The molecule has 1 fully saturated rings. The molecule has 4 rings (SSSR count). The van der Waals surface area contributed by atoms with Crippen LogP contribution in [-0.2, 0) is 14.8 Å². The second-order valence-corrected chi connectivity index (χ2v) is 9.96. The Bertz CT molecular complexity index is 1190. The van der Waals surface area contributed by atoms with Crippen molar-refractivity contribution in [3.8, 4) is 17.0 Å². The molecule has 0 bridgehead atoms. The number of nitrogens with zero attached hydrogens (tertiary/aromatic N) is 2. The predicted molar refractivity (Wildman–Crippen MR) is 121 cm³/mol. The molecule has 2 aromatic carbocycles. The minimum absolute atomic E-state index is 0.0364. The second kappa shape index (κ2) is 9.35. The summed E-state index contributed by atoms with van der Waals surface area (Å²) in [5.74, 6) is -0.184. The number of anilines is 1. The lowest BCUT2D eigenvalue weighted by atomic mass is 10.2. The van der Waals surface area contributed by atoms with Gasteiger partial charge in [0, 0.05) is 17.5 Å². The van der Waals surface area contributed by atoms with E-state index in [9.17, 15) is 17.6 Å². The standard InChI is InChI=1S/C22H22FN3O4S2/c1-2-30-17-9-5-15(6-10-17)19-14-31-22(24-19)25-21(27)20-4-3-13-26(20)32(28,29)18-11-7-16(23)8-12-18/h5-12,14,20H,2-4,13H2,1H3,(H,24,25,27). The first-order valence-corrected chi connectivity index (χ1v) is 12.5. The van der Waals surface area contributed by atoms with Crippen molar-refractivity contribution < 1.29 is 22.3 Å². The molecule has 3 aromatic rings. The number of benzene rings is 2. The molecule has 0 saturated carbocycles. The van der Waals surface area contributed by atoms with Gasteiger partial charge in [-0.3, -0.25) is 4.79 Å². The maximum Gasteiger partial charge on any atom is 0.244 e. The molecule has 1 unspecified atom stereocenters. The van der Waals surface area contributed by atoms with Crippen LogP contribution in [0.15, 0.2) is 58.8 Å².